The second-order valence-electron chi connectivity index (χ2n) is 4.29. The lowest BCUT2D eigenvalue weighted by atomic mass is 10.2. The average Bonchev–Trinajstić information content (AvgIpc) is 2.36. The van der Waals surface area contributed by atoms with Crippen molar-refractivity contribution in [2.75, 3.05) is 5.32 Å². The lowest BCUT2D eigenvalue weighted by molar-refractivity contribution is -0.116. The molecule has 0 aliphatic rings. The molecule has 0 unspecified atom stereocenters. The number of fused-ring (bicyclic) bond motifs is 1. The van der Waals surface area contributed by atoms with Gasteiger partial charge in [-0.2, -0.15) is 0 Å². The van der Waals surface area contributed by atoms with Crippen LogP contribution in [0, 0.1) is 6.92 Å². The second kappa shape index (κ2) is 5.58. The van der Waals surface area contributed by atoms with Gasteiger partial charge in [0.1, 0.15) is 11.6 Å². The number of aryl methyl sites for hydroxylation is 1. The highest BCUT2D eigenvalue weighted by Gasteiger charge is 2.08. The van der Waals surface area contributed by atoms with Gasteiger partial charge in [-0.3, -0.25) is 4.79 Å². The number of carbonyl (C=O) groups excluding carboxylic acids is 1. The monoisotopic (exact) mass is 243 g/mol. The molecule has 2 rings (SSSR count). The van der Waals surface area contributed by atoms with E-state index in [1.165, 1.54) is 0 Å². The third kappa shape index (κ3) is 2.83. The van der Waals surface area contributed by atoms with Crippen LogP contribution in [0.4, 0.5) is 5.82 Å². The molecule has 0 spiro atoms. The Kier molecular flexibility index (Phi) is 3.87. The molecular formula is C14H17N3O. The largest absolute Gasteiger partial charge is 0.310 e. The summed E-state index contributed by atoms with van der Waals surface area (Å²) >= 11 is 0. The molecule has 1 aromatic heterocycles. The highest BCUT2D eigenvalue weighted by Crippen LogP contribution is 2.20. The van der Waals surface area contributed by atoms with Crippen molar-refractivity contribution in [3.8, 4) is 0 Å². The van der Waals surface area contributed by atoms with E-state index in [1.54, 1.807) is 0 Å². The number of benzene rings is 1. The van der Waals surface area contributed by atoms with Gasteiger partial charge < -0.3 is 5.32 Å². The van der Waals surface area contributed by atoms with E-state index in [0.717, 1.165) is 23.7 Å². The molecule has 1 amide bonds. The van der Waals surface area contributed by atoms with Crippen LogP contribution in [0.25, 0.3) is 10.9 Å². The van der Waals surface area contributed by atoms with E-state index in [4.69, 9.17) is 0 Å². The molecule has 0 aliphatic heterocycles. The van der Waals surface area contributed by atoms with Crippen molar-refractivity contribution in [3.05, 3.63) is 30.1 Å². The minimum Gasteiger partial charge on any atom is -0.310 e. The molecule has 0 bridgehead atoms. The van der Waals surface area contributed by atoms with Crippen LogP contribution in [0.1, 0.15) is 32.0 Å². The number of para-hydroxylation sites is 1. The number of anilines is 1. The molecule has 0 radical (unpaired) electrons. The standard InChI is InChI=1S/C14H17N3O/c1-3-4-9-13(18)17-14-11-7-5-6-8-12(11)15-10(2)16-14/h5-8H,3-4,9H2,1-2H3,(H,15,16,17,18). The number of nitrogens with zero attached hydrogens (tertiary/aromatic N) is 2. The molecule has 0 fully saturated rings. The van der Waals surface area contributed by atoms with Gasteiger partial charge in [0, 0.05) is 11.8 Å². The van der Waals surface area contributed by atoms with Gasteiger partial charge in [0.2, 0.25) is 5.91 Å². The van der Waals surface area contributed by atoms with E-state index in [9.17, 15) is 4.79 Å². The Balaban J connectivity index is 2.29. The van der Waals surface area contributed by atoms with Crippen LogP contribution in [0.15, 0.2) is 24.3 Å². The van der Waals surface area contributed by atoms with Gasteiger partial charge >= 0.3 is 0 Å². The zero-order valence-corrected chi connectivity index (χ0v) is 10.7. The number of amides is 1. The average molecular weight is 243 g/mol. The molecule has 1 aromatic carbocycles. The lowest BCUT2D eigenvalue weighted by Gasteiger charge is -2.08. The zero-order valence-electron chi connectivity index (χ0n) is 10.7. The summed E-state index contributed by atoms with van der Waals surface area (Å²) in [6.07, 6.45) is 2.44. The van der Waals surface area contributed by atoms with E-state index < -0.39 is 0 Å². The van der Waals surface area contributed by atoms with E-state index in [2.05, 4.69) is 22.2 Å². The van der Waals surface area contributed by atoms with Gasteiger partial charge in [0.25, 0.3) is 0 Å². The first kappa shape index (κ1) is 12.5. The molecule has 4 nitrogen and oxygen atoms in total. The summed E-state index contributed by atoms with van der Waals surface area (Å²) in [6, 6.07) is 7.69. The van der Waals surface area contributed by atoms with Gasteiger partial charge in [0.15, 0.2) is 0 Å². The first-order valence-corrected chi connectivity index (χ1v) is 6.24. The summed E-state index contributed by atoms with van der Waals surface area (Å²) in [7, 11) is 0. The molecule has 18 heavy (non-hydrogen) atoms. The zero-order chi connectivity index (χ0) is 13.0. The quantitative estimate of drug-likeness (QED) is 0.897. The van der Waals surface area contributed by atoms with E-state index >= 15 is 0 Å². The Labute approximate surface area is 106 Å². The Morgan fingerprint density at radius 2 is 2.06 bits per heavy atom. The normalized spacial score (nSPS) is 10.6. The predicted molar refractivity (Wildman–Crippen MR) is 72.4 cm³/mol. The van der Waals surface area contributed by atoms with Crippen LogP contribution in [-0.2, 0) is 4.79 Å². The molecule has 0 aliphatic carbocycles. The molecular weight excluding hydrogens is 226 g/mol. The molecule has 0 saturated carbocycles. The summed E-state index contributed by atoms with van der Waals surface area (Å²) in [5.74, 6) is 1.29. The van der Waals surface area contributed by atoms with Crippen molar-refractivity contribution in [2.24, 2.45) is 0 Å². The topological polar surface area (TPSA) is 54.9 Å². The van der Waals surface area contributed by atoms with Crippen LogP contribution in [-0.4, -0.2) is 15.9 Å². The Bertz CT molecular complexity index is 566. The van der Waals surface area contributed by atoms with Gasteiger partial charge in [-0.15, -0.1) is 0 Å². The summed E-state index contributed by atoms with van der Waals surface area (Å²) < 4.78 is 0. The minimum atomic E-state index is 0.0140. The molecule has 1 heterocycles. The van der Waals surface area contributed by atoms with Crippen LogP contribution in [0.2, 0.25) is 0 Å². The van der Waals surface area contributed by atoms with Gasteiger partial charge in [-0.1, -0.05) is 25.5 Å². The molecule has 2 aromatic rings. The van der Waals surface area contributed by atoms with E-state index in [1.807, 2.05) is 31.2 Å². The fourth-order valence-electron chi connectivity index (χ4n) is 1.82. The molecule has 0 atom stereocenters. The van der Waals surface area contributed by atoms with Crippen molar-refractivity contribution in [2.45, 2.75) is 33.1 Å². The third-order valence-electron chi connectivity index (χ3n) is 2.73. The van der Waals surface area contributed by atoms with Gasteiger partial charge in [-0.25, -0.2) is 9.97 Å². The molecule has 1 N–H and O–H groups in total. The first-order valence-electron chi connectivity index (χ1n) is 6.24. The fourth-order valence-corrected chi connectivity index (χ4v) is 1.82. The number of hydrogen-bond acceptors (Lipinski definition) is 3. The summed E-state index contributed by atoms with van der Waals surface area (Å²) in [5.41, 5.74) is 0.857. The lowest BCUT2D eigenvalue weighted by Crippen LogP contribution is -2.13. The predicted octanol–water partition coefficient (Wildman–Crippen LogP) is 3.07. The number of carbonyl (C=O) groups is 1. The first-order chi connectivity index (χ1) is 8.70. The van der Waals surface area contributed by atoms with Gasteiger partial charge in [-0.05, 0) is 25.5 Å². The SMILES string of the molecule is CCCCC(=O)Nc1nc(C)nc2ccccc12. The maximum Gasteiger partial charge on any atom is 0.225 e. The fraction of sp³-hybridized carbons (Fsp3) is 0.357. The highest BCUT2D eigenvalue weighted by atomic mass is 16.1. The number of hydrogen-bond donors (Lipinski definition) is 1. The van der Waals surface area contributed by atoms with Crippen molar-refractivity contribution < 1.29 is 4.79 Å². The molecule has 94 valence electrons. The Morgan fingerprint density at radius 1 is 1.28 bits per heavy atom. The van der Waals surface area contributed by atoms with E-state index in [0.29, 0.717) is 18.1 Å². The Hall–Kier alpha value is -1.97. The maximum absolute atomic E-state index is 11.8. The third-order valence-corrected chi connectivity index (χ3v) is 2.73. The van der Waals surface area contributed by atoms with Crippen molar-refractivity contribution >= 4 is 22.6 Å². The van der Waals surface area contributed by atoms with E-state index in [-0.39, 0.29) is 5.91 Å². The van der Waals surface area contributed by atoms with Crippen LogP contribution >= 0.6 is 0 Å². The van der Waals surface area contributed by atoms with Crippen LogP contribution < -0.4 is 5.32 Å². The Morgan fingerprint density at radius 3 is 2.83 bits per heavy atom. The summed E-state index contributed by atoms with van der Waals surface area (Å²) in [5, 5.41) is 3.75. The summed E-state index contributed by atoms with van der Waals surface area (Å²) in [4.78, 5) is 20.4. The number of aromatic nitrogens is 2. The summed E-state index contributed by atoms with van der Waals surface area (Å²) in [6.45, 7) is 3.89. The molecule has 0 saturated heterocycles. The van der Waals surface area contributed by atoms with Gasteiger partial charge in [0.05, 0.1) is 5.52 Å². The number of rotatable bonds is 4. The number of unbranched alkanes of at least 4 members (excludes halogenated alkanes) is 1. The van der Waals surface area contributed by atoms with Crippen LogP contribution in [0.5, 0.6) is 0 Å². The maximum atomic E-state index is 11.8. The minimum absolute atomic E-state index is 0.0140. The van der Waals surface area contributed by atoms with Crippen molar-refractivity contribution in [1.82, 2.24) is 9.97 Å². The number of nitrogens with one attached hydrogen (secondary N) is 1. The van der Waals surface area contributed by atoms with Crippen LogP contribution in [0.3, 0.4) is 0 Å². The highest BCUT2D eigenvalue weighted by molar-refractivity contribution is 5.99. The van der Waals surface area contributed by atoms with Crippen molar-refractivity contribution in [1.29, 1.82) is 0 Å². The van der Waals surface area contributed by atoms with Crippen molar-refractivity contribution in [3.63, 3.8) is 0 Å². The second-order valence-corrected chi connectivity index (χ2v) is 4.29. The molecule has 4 heteroatoms. The smallest absolute Gasteiger partial charge is 0.225 e.